The summed E-state index contributed by atoms with van der Waals surface area (Å²) in [6.45, 7) is 0. The second-order valence-electron chi connectivity index (χ2n) is 8.17. The highest BCUT2D eigenvalue weighted by Gasteiger charge is 2.16. The molecule has 0 unspecified atom stereocenters. The third kappa shape index (κ3) is 6.46. The number of benzene rings is 3. The Morgan fingerprint density at radius 3 is 2.11 bits per heavy atom. The van der Waals surface area contributed by atoms with Gasteiger partial charge in [-0.15, -0.1) is 0 Å². The van der Waals surface area contributed by atoms with Crippen LogP contribution in [0.1, 0.15) is 5.56 Å². The molecule has 1 aromatic heterocycles. The van der Waals surface area contributed by atoms with Crippen molar-refractivity contribution in [3.63, 3.8) is 0 Å². The van der Waals surface area contributed by atoms with Gasteiger partial charge in [-0.25, -0.2) is 20.8 Å². The Balaban J connectivity index is 1.45. The smallest absolute Gasteiger partial charge is 0.267 e. The Morgan fingerprint density at radius 1 is 0.865 bits per heavy atom. The van der Waals surface area contributed by atoms with Crippen LogP contribution in [-0.2, 0) is 24.8 Å². The number of sulfonamides is 1. The number of hydrogen-bond acceptors (Lipinski definition) is 6. The summed E-state index contributed by atoms with van der Waals surface area (Å²) in [6, 6.07) is 21.5. The molecule has 0 aliphatic rings. The minimum absolute atomic E-state index is 0.0926. The second kappa shape index (κ2) is 10.3. The van der Waals surface area contributed by atoms with E-state index in [9.17, 15) is 21.6 Å². The van der Waals surface area contributed by atoms with Gasteiger partial charge in [0.1, 0.15) is 0 Å². The summed E-state index contributed by atoms with van der Waals surface area (Å²) in [5.74, 6) is -0.399. The van der Waals surface area contributed by atoms with Crippen molar-refractivity contribution in [1.29, 1.82) is 0 Å². The molecule has 3 aromatic carbocycles. The second-order valence-corrected chi connectivity index (χ2v) is 11.8. The molecule has 4 aromatic rings. The number of hydrogen-bond donors (Lipinski definition) is 3. The fraction of sp³-hybridized carbons (Fsp3) is 0.0385. The Morgan fingerprint density at radius 2 is 1.49 bits per heavy atom. The number of para-hydroxylation sites is 2. The number of anilines is 3. The van der Waals surface area contributed by atoms with Gasteiger partial charge in [0.25, 0.3) is 10.0 Å². The third-order valence-corrected chi connectivity index (χ3v) is 7.54. The molecule has 0 aliphatic heterocycles. The summed E-state index contributed by atoms with van der Waals surface area (Å²) in [7, 11) is -7.22. The van der Waals surface area contributed by atoms with E-state index in [0.29, 0.717) is 22.6 Å². The Labute approximate surface area is 215 Å². The molecule has 0 bridgehead atoms. The molecule has 9 nitrogen and oxygen atoms in total. The first-order chi connectivity index (χ1) is 17.5. The highest BCUT2D eigenvalue weighted by Crippen LogP contribution is 2.25. The van der Waals surface area contributed by atoms with Gasteiger partial charge in [0.05, 0.1) is 22.5 Å². The van der Waals surface area contributed by atoms with Crippen molar-refractivity contribution >= 4 is 49.1 Å². The zero-order chi connectivity index (χ0) is 26.6. The summed E-state index contributed by atoms with van der Waals surface area (Å²) in [6.07, 6.45) is 6.69. The van der Waals surface area contributed by atoms with Crippen LogP contribution in [0.15, 0.2) is 102 Å². The molecule has 0 saturated carbocycles. The number of nitrogens with one attached hydrogen (secondary N) is 2. The number of nitrogens with two attached hydrogens (primary N) is 1. The van der Waals surface area contributed by atoms with E-state index in [1.807, 2.05) is 0 Å². The first kappa shape index (κ1) is 25.7. The number of aromatic nitrogens is 1. The molecular weight excluding hydrogens is 512 g/mol. The average molecular weight is 537 g/mol. The lowest BCUT2D eigenvalue weighted by molar-refractivity contribution is -0.111. The summed E-state index contributed by atoms with van der Waals surface area (Å²) in [5.41, 5.74) is 9.28. The molecule has 0 aliphatic carbocycles. The summed E-state index contributed by atoms with van der Waals surface area (Å²) < 4.78 is 52.3. The molecule has 37 heavy (non-hydrogen) atoms. The Kier molecular flexibility index (Phi) is 7.18. The van der Waals surface area contributed by atoms with Crippen LogP contribution in [0, 0.1) is 0 Å². The maximum Gasteiger partial charge on any atom is 0.267 e. The number of amides is 1. The minimum atomic E-state index is -3.85. The van der Waals surface area contributed by atoms with E-state index in [2.05, 4.69) is 10.0 Å². The first-order valence-corrected chi connectivity index (χ1v) is 14.3. The number of nitrogen functional groups attached to an aromatic ring is 1. The van der Waals surface area contributed by atoms with Gasteiger partial charge >= 0.3 is 0 Å². The van der Waals surface area contributed by atoms with Gasteiger partial charge in [0, 0.05) is 24.2 Å². The maximum atomic E-state index is 13.1. The average Bonchev–Trinajstić information content (AvgIpc) is 3.34. The number of carbonyl (C=O) groups is 1. The Hall–Kier alpha value is -4.35. The van der Waals surface area contributed by atoms with Gasteiger partial charge in [-0.05, 0) is 65.2 Å². The van der Waals surface area contributed by atoms with Crippen LogP contribution in [0.25, 0.3) is 17.2 Å². The lowest BCUT2D eigenvalue weighted by Crippen LogP contribution is -2.10. The van der Waals surface area contributed by atoms with Crippen LogP contribution in [0.4, 0.5) is 17.1 Å². The molecule has 0 fully saturated rings. The molecule has 1 amide bonds. The number of nitrogens with zero attached hydrogens (tertiary/aromatic N) is 1. The van der Waals surface area contributed by atoms with Gasteiger partial charge in [-0.1, -0.05) is 36.4 Å². The molecule has 1 heterocycles. The van der Waals surface area contributed by atoms with Crippen molar-refractivity contribution in [3.05, 3.63) is 103 Å². The number of carbonyl (C=O) groups excluding carboxylic acids is 1. The molecule has 4 N–H and O–H groups in total. The van der Waals surface area contributed by atoms with E-state index in [0.717, 1.165) is 21.4 Å². The summed E-state index contributed by atoms with van der Waals surface area (Å²) in [5, 5.41) is 2.67. The summed E-state index contributed by atoms with van der Waals surface area (Å²) >= 11 is 0. The minimum Gasteiger partial charge on any atom is -0.397 e. The zero-order valence-electron chi connectivity index (χ0n) is 19.7. The van der Waals surface area contributed by atoms with Crippen LogP contribution in [-0.4, -0.2) is 33.0 Å². The van der Waals surface area contributed by atoms with E-state index in [1.165, 1.54) is 36.7 Å². The van der Waals surface area contributed by atoms with E-state index < -0.39 is 26.0 Å². The molecule has 4 rings (SSSR count). The van der Waals surface area contributed by atoms with Crippen LogP contribution >= 0.6 is 0 Å². The zero-order valence-corrected chi connectivity index (χ0v) is 21.3. The van der Waals surface area contributed by atoms with Crippen molar-refractivity contribution in [3.8, 4) is 11.1 Å². The Bertz CT molecular complexity index is 1670. The highest BCUT2D eigenvalue weighted by molar-refractivity contribution is 7.92. The van der Waals surface area contributed by atoms with E-state index in [4.69, 9.17) is 5.73 Å². The van der Waals surface area contributed by atoms with Crippen molar-refractivity contribution < 1.29 is 21.6 Å². The molecule has 0 saturated heterocycles. The normalized spacial score (nSPS) is 11.9. The molecule has 190 valence electrons. The molecule has 11 heteroatoms. The standard InChI is InChI=1S/C26H24N4O5S2/c1-36(32,33)29-22-11-7-20(8-12-22)21-9-13-23(14-10-21)37(34,35)30-17-16-19(18-30)6-15-26(31)28-25-5-3-2-4-24(25)27/h2-18,29H,27H2,1H3,(H,28,31). The molecule has 0 spiro atoms. The summed E-state index contributed by atoms with van der Waals surface area (Å²) in [4.78, 5) is 12.3. The van der Waals surface area contributed by atoms with E-state index in [-0.39, 0.29) is 4.90 Å². The lowest BCUT2D eigenvalue weighted by atomic mass is 10.1. The van der Waals surface area contributed by atoms with Crippen LogP contribution in [0.2, 0.25) is 0 Å². The van der Waals surface area contributed by atoms with Crippen LogP contribution < -0.4 is 15.8 Å². The first-order valence-electron chi connectivity index (χ1n) is 11.0. The topological polar surface area (TPSA) is 140 Å². The molecule has 0 atom stereocenters. The van der Waals surface area contributed by atoms with Crippen molar-refractivity contribution in [1.82, 2.24) is 3.97 Å². The maximum absolute atomic E-state index is 13.1. The van der Waals surface area contributed by atoms with Gasteiger partial charge in [0.15, 0.2) is 0 Å². The molecule has 0 radical (unpaired) electrons. The molecular formula is C26H24N4O5S2. The van der Waals surface area contributed by atoms with Crippen LogP contribution in [0.3, 0.4) is 0 Å². The van der Waals surface area contributed by atoms with Gasteiger partial charge in [-0.3, -0.25) is 9.52 Å². The van der Waals surface area contributed by atoms with E-state index >= 15 is 0 Å². The number of rotatable bonds is 8. The monoisotopic (exact) mass is 536 g/mol. The van der Waals surface area contributed by atoms with Crippen molar-refractivity contribution in [2.75, 3.05) is 22.0 Å². The quantitative estimate of drug-likeness (QED) is 0.230. The van der Waals surface area contributed by atoms with Crippen molar-refractivity contribution in [2.24, 2.45) is 0 Å². The van der Waals surface area contributed by atoms with Crippen molar-refractivity contribution in [2.45, 2.75) is 4.90 Å². The van der Waals surface area contributed by atoms with Gasteiger partial charge in [-0.2, -0.15) is 0 Å². The SMILES string of the molecule is CS(=O)(=O)Nc1ccc(-c2ccc(S(=O)(=O)n3ccc(C=CC(=O)Nc4ccccc4N)c3)cc2)cc1. The lowest BCUT2D eigenvalue weighted by Gasteiger charge is -2.08. The third-order valence-electron chi connectivity index (χ3n) is 5.29. The predicted molar refractivity (Wildman–Crippen MR) is 146 cm³/mol. The van der Waals surface area contributed by atoms with Gasteiger partial charge < -0.3 is 11.1 Å². The van der Waals surface area contributed by atoms with E-state index in [1.54, 1.807) is 66.7 Å². The fourth-order valence-electron chi connectivity index (χ4n) is 3.48. The van der Waals surface area contributed by atoms with Crippen LogP contribution in [0.5, 0.6) is 0 Å². The highest BCUT2D eigenvalue weighted by atomic mass is 32.2. The van der Waals surface area contributed by atoms with Gasteiger partial charge in [0.2, 0.25) is 15.9 Å². The predicted octanol–water partition coefficient (Wildman–Crippen LogP) is 4.00. The fourth-order valence-corrected chi connectivity index (χ4v) is 5.25. The largest absolute Gasteiger partial charge is 0.397 e.